The Bertz CT molecular complexity index is 712. The van der Waals surface area contributed by atoms with Crippen LogP contribution in [0.4, 0.5) is 0 Å². The van der Waals surface area contributed by atoms with E-state index in [9.17, 15) is 0 Å². The number of aryl methyl sites for hydroxylation is 1. The second kappa shape index (κ2) is 7.91. The third-order valence-corrected chi connectivity index (χ3v) is 6.35. The van der Waals surface area contributed by atoms with Crippen LogP contribution in [0.5, 0.6) is 0 Å². The SMILES string of the molecule is Cc1nccn1Cc1nnc([C@H]2CCCN(CC3CCCCC3)C2)n1C. The van der Waals surface area contributed by atoms with Crippen molar-refractivity contribution in [1.29, 1.82) is 0 Å². The Morgan fingerprint density at radius 2 is 1.92 bits per heavy atom. The molecule has 0 N–H and O–H groups in total. The molecule has 3 heterocycles. The van der Waals surface area contributed by atoms with Gasteiger partial charge >= 0.3 is 0 Å². The summed E-state index contributed by atoms with van der Waals surface area (Å²) in [5.41, 5.74) is 0. The van der Waals surface area contributed by atoms with Crippen molar-refractivity contribution < 1.29 is 0 Å². The van der Waals surface area contributed by atoms with Crippen molar-refractivity contribution in [2.75, 3.05) is 19.6 Å². The first-order valence-corrected chi connectivity index (χ1v) is 10.3. The molecule has 1 aliphatic carbocycles. The van der Waals surface area contributed by atoms with Crippen LogP contribution in [-0.4, -0.2) is 48.8 Å². The quantitative estimate of drug-likeness (QED) is 0.826. The van der Waals surface area contributed by atoms with E-state index in [0.717, 1.165) is 36.5 Å². The Kier molecular flexibility index (Phi) is 5.38. The highest BCUT2D eigenvalue weighted by atomic mass is 15.3. The number of piperidine rings is 1. The summed E-state index contributed by atoms with van der Waals surface area (Å²) >= 11 is 0. The molecule has 2 aromatic rings. The van der Waals surface area contributed by atoms with E-state index in [0.29, 0.717) is 5.92 Å². The Labute approximate surface area is 156 Å². The van der Waals surface area contributed by atoms with E-state index in [2.05, 4.69) is 36.3 Å². The minimum absolute atomic E-state index is 0.516. The van der Waals surface area contributed by atoms with E-state index >= 15 is 0 Å². The molecule has 2 aliphatic rings. The molecule has 0 bridgehead atoms. The monoisotopic (exact) mass is 356 g/mol. The molecule has 0 unspecified atom stereocenters. The van der Waals surface area contributed by atoms with Crippen molar-refractivity contribution >= 4 is 0 Å². The van der Waals surface area contributed by atoms with E-state index in [4.69, 9.17) is 0 Å². The lowest BCUT2D eigenvalue weighted by molar-refractivity contribution is 0.157. The van der Waals surface area contributed by atoms with Crippen molar-refractivity contribution in [2.45, 2.75) is 64.3 Å². The van der Waals surface area contributed by atoms with E-state index in [1.54, 1.807) is 0 Å². The Balaban J connectivity index is 1.41. The summed E-state index contributed by atoms with van der Waals surface area (Å²) in [6.45, 7) is 6.46. The van der Waals surface area contributed by atoms with Crippen LogP contribution < -0.4 is 0 Å². The minimum Gasteiger partial charge on any atom is -0.328 e. The van der Waals surface area contributed by atoms with Gasteiger partial charge in [-0.15, -0.1) is 10.2 Å². The molecule has 0 radical (unpaired) electrons. The maximum absolute atomic E-state index is 4.58. The average Bonchev–Trinajstić information content (AvgIpc) is 3.23. The lowest BCUT2D eigenvalue weighted by Gasteiger charge is -2.35. The van der Waals surface area contributed by atoms with Gasteiger partial charge in [0.05, 0.1) is 6.54 Å². The molecule has 2 fully saturated rings. The zero-order valence-electron chi connectivity index (χ0n) is 16.3. The lowest BCUT2D eigenvalue weighted by atomic mass is 9.88. The Hall–Kier alpha value is -1.69. The molecule has 6 heteroatoms. The van der Waals surface area contributed by atoms with Gasteiger partial charge in [-0.3, -0.25) is 0 Å². The van der Waals surface area contributed by atoms with Gasteiger partial charge in [0.25, 0.3) is 0 Å². The predicted octanol–water partition coefficient (Wildman–Crippen LogP) is 3.13. The van der Waals surface area contributed by atoms with E-state index < -0.39 is 0 Å². The smallest absolute Gasteiger partial charge is 0.152 e. The van der Waals surface area contributed by atoms with Crippen LogP contribution in [0.3, 0.4) is 0 Å². The summed E-state index contributed by atoms with van der Waals surface area (Å²) in [4.78, 5) is 7.00. The highest BCUT2D eigenvalue weighted by Gasteiger charge is 2.27. The van der Waals surface area contributed by atoms with E-state index in [1.807, 2.05) is 19.3 Å². The predicted molar refractivity (Wildman–Crippen MR) is 102 cm³/mol. The van der Waals surface area contributed by atoms with Gasteiger partial charge in [0.2, 0.25) is 0 Å². The van der Waals surface area contributed by atoms with Crippen molar-refractivity contribution in [3.8, 4) is 0 Å². The third kappa shape index (κ3) is 3.85. The average molecular weight is 357 g/mol. The molecule has 0 spiro atoms. The van der Waals surface area contributed by atoms with Crippen molar-refractivity contribution in [3.63, 3.8) is 0 Å². The first-order valence-electron chi connectivity index (χ1n) is 10.3. The van der Waals surface area contributed by atoms with Crippen molar-refractivity contribution in [1.82, 2.24) is 29.2 Å². The molecule has 4 rings (SSSR count). The molecular formula is C20H32N6. The van der Waals surface area contributed by atoms with Crippen LogP contribution >= 0.6 is 0 Å². The van der Waals surface area contributed by atoms with Crippen LogP contribution in [0.1, 0.15) is 68.3 Å². The molecule has 0 aromatic carbocycles. The molecule has 1 atom stereocenters. The summed E-state index contributed by atoms with van der Waals surface area (Å²) in [5, 5.41) is 9.08. The van der Waals surface area contributed by atoms with Crippen LogP contribution in [0.25, 0.3) is 0 Å². The van der Waals surface area contributed by atoms with Gasteiger partial charge in [-0.05, 0) is 45.1 Å². The maximum atomic E-state index is 4.58. The number of hydrogen-bond donors (Lipinski definition) is 0. The summed E-state index contributed by atoms with van der Waals surface area (Å²) in [6, 6.07) is 0. The normalized spacial score (nSPS) is 22.8. The second-order valence-corrected chi connectivity index (χ2v) is 8.24. The lowest BCUT2D eigenvalue weighted by Crippen LogP contribution is -2.38. The van der Waals surface area contributed by atoms with Crippen LogP contribution in [-0.2, 0) is 13.6 Å². The van der Waals surface area contributed by atoms with Gasteiger partial charge in [-0.25, -0.2) is 4.98 Å². The first-order chi connectivity index (χ1) is 12.7. The molecular weight excluding hydrogens is 324 g/mol. The van der Waals surface area contributed by atoms with E-state index in [-0.39, 0.29) is 0 Å². The highest BCUT2D eigenvalue weighted by Crippen LogP contribution is 2.29. The van der Waals surface area contributed by atoms with Crippen molar-refractivity contribution in [2.24, 2.45) is 13.0 Å². The fraction of sp³-hybridized carbons (Fsp3) is 0.750. The topological polar surface area (TPSA) is 51.8 Å². The zero-order valence-corrected chi connectivity index (χ0v) is 16.3. The molecule has 2 aromatic heterocycles. The second-order valence-electron chi connectivity index (χ2n) is 8.24. The van der Waals surface area contributed by atoms with Gasteiger partial charge in [0.15, 0.2) is 5.82 Å². The van der Waals surface area contributed by atoms with Gasteiger partial charge in [-0.2, -0.15) is 0 Å². The zero-order chi connectivity index (χ0) is 17.9. The number of aromatic nitrogens is 5. The number of rotatable bonds is 5. The summed E-state index contributed by atoms with van der Waals surface area (Å²) in [5.74, 6) is 4.63. The number of likely N-dealkylation sites (tertiary alicyclic amines) is 1. The van der Waals surface area contributed by atoms with Crippen LogP contribution in [0.15, 0.2) is 12.4 Å². The van der Waals surface area contributed by atoms with Gasteiger partial charge < -0.3 is 14.0 Å². The Morgan fingerprint density at radius 3 is 2.69 bits per heavy atom. The molecule has 1 saturated carbocycles. The molecule has 1 saturated heterocycles. The summed E-state index contributed by atoms with van der Waals surface area (Å²) < 4.78 is 4.35. The summed E-state index contributed by atoms with van der Waals surface area (Å²) in [6.07, 6.45) is 13.5. The molecule has 6 nitrogen and oxygen atoms in total. The minimum atomic E-state index is 0.516. The fourth-order valence-corrected chi connectivity index (χ4v) is 4.76. The van der Waals surface area contributed by atoms with Gasteiger partial charge in [0, 0.05) is 38.4 Å². The van der Waals surface area contributed by atoms with Gasteiger partial charge in [-0.1, -0.05) is 19.3 Å². The summed E-state index contributed by atoms with van der Waals surface area (Å²) in [7, 11) is 2.12. The van der Waals surface area contributed by atoms with Crippen LogP contribution in [0.2, 0.25) is 0 Å². The third-order valence-electron chi connectivity index (χ3n) is 6.35. The molecule has 142 valence electrons. The molecule has 1 aliphatic heterocycles. The fourth-order valence-electron chi connectivity index (χ4n) is 4.76. The number of hydrogen-bond acceptors (Lipinski definition) is 4. The molecule has 26 heavy (non-hydrogen) atoms. The van der Waals surface area contributed by atoms with Crippen molar-refractivity contribution in [3.05, 3.63) is 29.9 Å². The first kappa shape index (κ1) is 17.7. The largest absolute Gasteiger partial charge is 0.328 e. The van der Waals surface area contributed by atoms with E-state index in [1.165, 1.54) is 58.0 Å². The Morgan fingerprint density at radius 1 is 1.08 bits per heavy atom. The molecule has 0 amide bonds. The van der Waals surface area contributed by atoms with Gasteiger partial charge in [0.1, 0.15) is 11.6 Å². The maximum Gasteiger partial charge on any atom is 0.152 e. The highest BCUT2D eigenvalue weighted by molar-refractivity contribution is 5.05. The standard InChI is InChI=1S/C20H32N6/c1-16-21-10-12-26(16)15-19-22-23-20(24(19)2)18-9-6-11-25(14-18)13-17-7-4-3-5-8-17/h10,12,17-18H,3-9,11,13-15H2,1-2H3/t18-/m0/s1. The number of nitrogens with zero attached hydrogens (tertiary/aromatic N) is 6. The van der Waals surface area contributed by atoms with Crippen LogP contribution in [0, 0.1) is 12.8 Å². The number of imidazole rings is 1.